The number of nitrogens with zero attached hydrogens (tertiary/aromatic N) is 1. The third kappa shape index (κ3) is 1.30. The predicted molar refractivity (Wildman–Crippen MR) is 60.6 cm³/mol. The van der Waals surface area contributed by atoms with E-state index in [9.17, 15) is 0 Å². The van der Waals surface area contributed by atoms with Crippen LogP contribution < -0.4 is 5.32 Å². The van der Waals surface area contributed by atoms with Gasteiger partial charge < -0.3 is 5.32 Å². The second kappa shape index (κ2) is 3.04. The molecule has 1 aliphatic rings. The molecule has 1 unspecified atom stereocenters. The molecule has 0 bridgehead atoms. The van der Waals surface area contributed by atoms with E-state index in [2.05, 4.69) is 36.5 Å². The first-order valence-corrected chi connectivity index (χ1v) is 6.01. The molecule has 1 saturated carbocycles. The van der Waals surface area contributed by atoms with Gasteiger partial charge in [0.05, 0.1) is 5.54 Å². The Morgan fingerprint density at radius 2 is 2.21 bits per heavy atom. The lowest BCUT2D eigenvalue weighted by atomic mass is 9.84. The van der Waals surface area contributed by atoms with Gasteiger partial charge in [0.25, 0.3) is 0 Å². The van der Waals surface area contributed by atoms with Crippen molar-refractivity contribution in [3.63, 3.8) is 0 Å². The summed E-state index contributed by atoms with van der Waals surface area (Å²) in [4.78, 5) is 4.62. The zero-order valence-corrected chi connectivity index (χ0v) is 10.2. The van der Waals surface area contributed by atoms with Gasteiger partial charge in [0, 0.05) is 11.1 Å². The molecule has 0 aliphatic heterocycles. The average Bonchev–Trinajstić information content (AvgIpc) is 2.76. The molecule has 1 atom stereocenters. The highest BCUT2D eigenvalue weighted by Gasteiger charge is 2.54. The Morgan fingerprint density at radius 1 is 1.57 bits per heavy atom. The Labute approximate surface area is 89.8 Å². The lowest BCUT2D eigenvalue weighted by Gasteiger charge is -2.34. The molecule has 1 fully saturated rings. The molecule has 3 heteroatoms. The van der Waals surface area contributed by atoms with Crippen molar-refractivity contribution in [1.29, 1.82) is 0 Å². The first kappa shape index (κ1) is 10.1. The van der Waals surface area contributed by atoms with E-state index in [1.807, 2.05) is 7.05 Å². The van der Waals surface area contributed by atoms with Gasteiger partial charge in [-0.25, -0.2) is 4.98 Å². The lowest BCUT2D eigenvalue weighted by Crippen LogP contribution is -2.44. The average molecular weight is 210 g/mol. The largest absolute Gasteiger partial charge is 0.308 e. The molecule has 0 radical (unpaired) electrons. The summed E-state index contributed by atoms with van der Waals surface area (Å²) in [5.41, 5.74) is 1.61. The van der Waals surface area contributed by atoms with E-state index in [0.29, 0.717) is 5.41 Å². The second-order valence-corrected chi connectivity index (χ2v) is 5.59. The van der Waals surface area contributed by atoms with Crippen LogP contribution in [0.2, 0.25) is 0 Å². The molecule has 1 aromatic rings. The number of hydrogen-bond acceptors (Lipinski definition) is 3. The number of aryl methyl sites for hydroxylation is 1. The Hall–Kier alpha value is -0.410. The summed E-state index contributed by atoms with van der Waals surface area (Å²) >= 11 is 1.77. The summed E-state index contributed by atoms with van der Waals surface area (Å²) in [7, 11) is 2.04. The van der Waals surface area contributed by atoms with Crippen LogP contribution in [0.1, 0.15) is 37.4 Å². The van der Waals surface area contributed by atoms with Crippen LogP contribution in [0.5, 0.6) is 0 Å². The predicted octanol–water partition coefficient (Wildman–Crippen LogP) is 2.69. The van der Waals surface area contributed by atoms with E-state index in [0.717, 1.165) is 5.69 Å². The van der Waals surface area contributed by atoms with Crippen molar-refractivity contribution < 1.29 is 0 Å². The highest BCUT2D eigenvalue weighted by molar-refractivity contribution is 7.09. The van der Waals surface area contributed by atoms with Gasteiger partial charge in [-0.1, -0.05) is 6.92 Å². The van der Waals surface area contributed by atoms with E-state index in [1.54, 1.807) is 11.3 Å². The molecular weight excluding hydrogens is 192 g/mol. The van der Waals surface area contributed by atoms with E-state index < -0.39 is 0 Å². The first-order valence-electron chi connectivity index (χ1n) is 5.13. The van der Waals surface area contributed by atoms with Crippen LogP contribution in [0.25, 0.3) is 0 Å². The zero-order chi connectivity index (χ0) is 10.4. The third-order valence-corrected chi connectivity index (χ3v) is 4.94. The van der Waals surface area contributed by atoms with Gasteiger partial charge in [-0.2, -0.15) is 0 Å². The molecule has 0 saturated heterocycles. The molecule has 2 rings (SSSR count). The monoisotopic (exact) mass is 210 g/mol. The SMILES string of the molecule is CNC(C)(c1nc(C)cs1)C1(C)CC1. The van der Waals surface area contributed by atoms with Crippen molar-refractivity contribution in [2.45, 2.75) is 39.2 Å². The Morgan fingerprint density at radius 3 is 2.57 bits per heavy atom. The van der Waals surface area contributed by atoms with Gasteiger partial charge in [0.1, 0.15) is 5.01 Å². The van der Waals surface area contributed by atoms with Crippen LogP contribution in [0.3, 0.4) is 0 Å². The summed E-state index contributed by atoms with van der Waals surface area (Å²) in [6, 6.07) is 0. The molecule has 2 nitrogen and oxygen atoms in total. The lowest BCUT2D eigenvalue weighted by molar-refractivity contribution is 0.243. The molecule has 0 spiro atoms. The third-order valence-electron chi connectivity index (χ3n) is 3.75. The van der Waals surface area contributed by atoms with Crippen molar-refractivity contribution in [2.24, 2.45) is 5.41 Å². The number of nitrogens with one attached hydrogen (secondary N) is 1. The maximum atomic E-state index is 4.62. The number of rotatable bonds is 3. The van der Waals surface area contributed by atoms with Crippen molar-refractivity contribution in [1.82, 2.24) is 10.3 Å². The van der Waals surface area contributed by atoms with Gasteiger partial charge in [-0.3, -0.25) is 0 Å². The molecular formula is C11H18N2S. The summed E-state index contributed by atoms with van der Waals surface area (Å²) in [5.74, 6) is 0. The van der Waals surface area contributed by atoms with Crippen LogP contribution in [0.4, 0.5) is 0 Å². The van der Waals surface area contributed by atoms with E-state index >= 15 is 0 Å². The summed E-state index contributed by atoms with van der Waals surface area (Å²) < 4.78 is 0. The van der Waals surface area contributed by atoms with E-state index in [4.69, 9.17) is 0 Å². The van der Waals surface area contributed by atoms with Crippen LogP contribution in [-0.2, 0) is 5.54 Å². The molecule has 1 aromatic heterocycles. The minimum absolute atomic E-state index is 0.0614. The van der Waals surface area contributed by atoms with Gasteiger partial charge in [-0.05, 0) is 39.2 Å². The maximum absolute atomic E-state index is 4.62. The fourth-order valence-electron chi connectivity index (χ4n) is 1.94. The highest BCUT2D eigenvalue weighted by atomic mass is 32.1. The zero-order valence-electron chi connectivity index (χ0n) is 9.35. The highest BCUT2D eigenvalue weighted by Crippen LogP contribution is 2.57. The Kier molecular flexibility index (Phi) is 2.20. The Bertz CT molecular complexity index is 341. The van der Waals surface area contributed by atoms with Crippen molar-refractivity contribution in [2.75, 3.05) is 7.05 Å². The number of hydrogen-bond donors (Lipinski definition) is 1. The van der Waals surface area contributed by atoms with Gasteiger partial charge in [-0.15, -0.1) is 11.3 Å². The van der Waals surface area contributed by atoms with Crippen molar-refractivity contribution >= 4 is 11.3 Å². The van der Waals surface area contributed by atoms with Gasteiger partial charge in [0.15, 0.2) is 0 Å². The fraction of sp³-hybridized carbons (Fsp3) is 0.727. The molecule has 1 aliphatic carbocycles. The molecule has 78 valence electrons. The van der Waals surface area contributed by atoms with Crippen LogP contribution >= 0.6 is 11.3 Å². The topological polar surface area (TPSA) is 24.9 Å². The molecule has 0 amide bonds. The fourth-order valence-corrected chi connectivity index (χ4v) is 3.05. The number of aromatic nitrogens is 1. The normalized spacial score (nSPS) is 23.1. The van der Waals surface area contributed by atoms with Crippen LogP contribution in [-0.4, -0.2) is 12.0 Å². The first-order chi connectivity index (χ1) is 6.52. The summed E-state index contributed by atoms with van der Waals surface area (Å²) in [6.45, 7) is 6.68. The van der Waals surface area contributed by atoms with Crippen LogP contribution in [0, 0.1) is 12.3 Å². The molecule has 0 aromatic carbocycles. The molecule has 1 N–H and O–H groups in total. The Balaban J connectivity index is 2.37. The number of thiazole rings is 1. The van der Waals surface area contributed by atoms with Crippen molar-refractivity contribution in [3.05, 3.63) is 16.1 Å². The van der Waals surface area contributed by atoms with E-state index in [-0.39, 0.29) is 5.54 Å². The minimum atomic E-state index is 0.0614. The second-order valence-electron chi connectivity index (χ2n) is 4.73. The summed E-state index contributed by atoms with van der Waals surface area (Å²) in [5, 5.41) is 6.83. The summed E-state index contributed by atoms with van der Waals surface area (Å²) in [6.07, 6.45) is 2.62. The van der Waals surface area contributed by atoms with Gasteiger partial charge in [0.2, 0.25) is 0 Å². The quantitative estimate of drug-likeness (QED) is 0.829. The maximum Gasteiger partial charge on any atom is 0.113 e. The van der Waals surface area contributed by atoms with Crippen LogP contribution in [0.15, 0.2) is 5.38 Å². The molecule has 14 heavy (non-hydrogen) atoms. The smallest absolute Gasteiger partial charge is 0.113 e. The van der Waals surface area contributed by atoms with E-state index in [1.165, 1.54) is 17.8 Å². The standard InChI is InChI=1S/C11H18N2S/c1-8-7-14-9(13-8)11(3,12-4)10(2)5-6-10/h7,12H,5-6H2,1-4H3. The molecule has 1 heterocycles. The minimum Gasteiger partial charge on any atom is -0.308 e. The van der Waals surface area contributed by atoms with Gasteiger partial charge >= 0.3 is 0 Å². The van der Waals surface area contributed by atoms with Crippen molar-refractivity contribution in [3.8, 4) is 0 Å².